The molecule has 192 valence electrons. The fraction of sp³-hybridized carbons (Fsp3) is 0.241. The smallest absolute Gasteiger partial charge is 0.264 e. The molecule has 2 atom stereocenters. The van der Waals surface area contributed by atoms with Gasteiger partial charge in [0, 0.05) is 34.4 Å². The number of carbonyl (C=O) groups excluding carboxylic acids is 2. The lowest BCUT2D eigenvalue weighted by Gasteiger charge is -2.27. The number of hydrogen-bond acceptors (Lipinski definition) is 5. The highest BCUT2D eigenvalue weighted by atomic mass is 35.5. The maximum atomic E-state index is 13.6. The Morgan fingerprint density at radius 3 is 2.62 bits per heavy atom. The molecule has 0 fully saturated rings. The number of anilines is 2. The largest absolute Gasteiger partial charge is 0.497 e. The number of nitrogens with zero attached hydrogens (tertiary/aromatic N) is 1. The summed E-state index contributed by atoms with van der Waals surface area (Å²) in [5.74, 6) is -0.620. The third-order valence-corrected chi connectivity index (χ3v) is 6.72. The molecule has 7 nitrogen and oxygen atoms in total. The van der Waals surface area contributed by atoms with Crippen LogP contribution in [0.15, 0.2) is 78.9 Å². The third-order valence-electron chi connectivity index (χ3n) is 6.49. The fourth-order valence-corrected chi connectivity index (χ4v) is 4.64. The Kier molecular flexibility index (Phi) is 7.97. The van der Waals surface area contributed by atoms with E-state index in [1.165, 1.54) is 4.90 Å². The van der Waals surface area contributed by atoms with Crippen molar-refractivity contribution in [1.29, 1.82) is 0 Å². The van der Waals surface area contributed by atoms with Crippen molar-refractivity contribution in [3.63, 3.8) is 0 Å². The van der Waals surface area contributed by atoms with Crippen LogP contribution in [0.4, 0.5) is 11.4 Å². The van der Waals surface area contributed by atoms with Gasteiger partial charge >= 0.3 is 0 Å². The number of methoxy groups -OCH3 is 1. The van der Waals surface area contributed by atoms with Gasteiger partial charge in [-0.2, -0.15) is 0 Å². The van der Waals surface area contributed by atoms with Crippen molar-refractivity contribution < 1.29 is 24.5 Å². The Morgan fingerprint density at radius 1 is 1.16 bits per heavy atom. The van der Waals surface area contributed by atoms with Crippen molar-refractivity contribution in [2.75, 3.05) is 23.9 Å². The number of benzene rings is 3. The Balaban J connectivity index is 1.58. The summed E-state index contributed by atoms with van der Waals surface area (Å²) in [6, 6.07) is 19.1. The van der Waals surface area contributed by atoms with Gasteiger partial charge in [-0.1, -0.05) is 42.8 Å². The minimum Gasteiger partial charge on any atom is -0.497 e. The number of hydrogen-bond donors (Lipinski definition) is 3. The van der Waals surface area contributed by atoms with Gasteiger partial charge in [0.1, 0.15) is 5.75 Å². The van der Waals surface area contributed by atoms with E-state index in [4.69, 9.17) is 21.4 Å². The number of fused-ring (bicyclic) bond motifs is 1. The van der Waals surface area contributed by atoms with E-state index in [-0.39, 0.29) is 19.1 Å². The van der Waals surface area contributed by atoms with Crippen molar-refractivity contribution in [2.24, 2.45) is 5.92 Å². The van der Waals surface area contributed by atoms with Gasteiger partial charge in [-0.3, -0.25) is 9.59 Å². The lowest BCUT2D eigenvalue weighted by atomic mass is 9.83. The summed E-state index contributed by atoms with van der Waals surface area (Å²) in [6.45, 7) is 1.93. The topological polar surface area (TPSA) is 99.1 Å². The van der Waals surface area contributed by atoms with Gasteiger partial charge in [0.25, 0.3) is 11.8 Å². The number of amides is 2. The number of nitrogens with one attached hydrogen (secondary N) is 1. The zero-order chi connectivity index (χ0) is 26.6. The van der Waals surface area contributed by atoms with Crippen LogP contribution < -0.4 is 15.0 Å². The summed E-state index contributed by atoms with van der Waals surface area (Å²) in [5.41, 5.74) is 1.06. The summed E-state index contributed by atoms with van der Waals surface area (Å²) in [7, 11) is 1.56. The minimum absolute atomic E-state index is 0.0184. The van der Waals surface area contributed by atoms with E-state index in [1.807, 2.05) is 6.07 Å². The number of aliphatic hydroxyl groups is 2. The van der Waals surface area contributed by atoms with Gasteiger partial charge in [0.2, 0.25) is 0 Å². The quantitative estimate of drug-likeness (QED) is 0.348. The van der Waals surface area contributed by atoms with Gasteiger partial charge in [0.15, 0.2) is 5.60 Å². The SMILES string of the molecule is COc1ccc(C(=O)Nc2cccc(CN3C(=O)[C@@](O)([C@@H](C)/C=C/CCO)c4cc(Cl)ccc43)c2)cc1. The average molecular weight is 521 g/mol. The van der Waals surface area contributed by atoms with Gasteiger partial charge in [-0.05, 0) is 66.6 Å². The predicted molar refractivity (Wildman–Crippen MR) is 144 cm³/mol. The monoisotopic (exact) mass is 520 g/mol. The molecule has 1 heterocycles. The van der Waals surface area contributed by atoms with Crippen LogP contribution in [0, 0.1) is 5.92 Å². The summed E-state index contributed by atoms with van der Waals surface area (Å²) in [4.78, 5) is 27.9. The Labute approximate surface area is 221 Å². The average Bonchev–Trinajstić information content (AvgIpc) is 3.11. The zero-order valence-corrected chi connectivity index (χ0v) is 21.4. The van der Waals surface area contributed by atoms with Gasteiger partial charge in [0.05, 0.1) is 19.3 Å². The van der Waals surface area contributed by atoms with Crippen molar-refractivity contribution >= 4 is 34.8 Å². The molecule has 8 heteroatoms. The van der Waals surface area contributed by atoms with E-state index in [0.717, 1.165) is 5.56 Å². The second kappa shape index (κ2) is 11.2. The van der Waals surface area contributed by atoms with Crippen LogP contribution in [-0.4, -0.2) is 35.7 Å². The molecule has 0 radical (unpaired) electrons. The number of ether oxygens (including phenoxy) is 1. The molecule has 0 saturated heterocycles. The number of rotatable bonds is 9. The highest BCUT2D eigenvalue weighted by Crippen LogP contribution is 2.46. The predicted octanol–water partition coefficient (Wildman–Crippen LogP) is 4.91. The minimum atomic E-state index is -1.80. The first-order valence-corrected chi connectivity index (χ1v) is 12.3. The summed E-state index contributed by atoms with van der Waals surface area (Å²) < 4.78 is 5.14. The highest BCUT2D eigenvalue weighted by molar-refractivity contribution is 6.31. The third kappa shape index (κ3) is 5.39. The molecule has 0 spiro atoms. The molecule has 0 bridgehead atoms. The van der Waals surface area contributed by atoms with E-state index in [9.17, 15) is 14.7 Å². The molecule has 1 aliphatic heterocycles. The van der Waals surface area contributed by atoms with Crippen molar-refractivity contribution in [3.05, 3.63) is 101 Å². The second-order valence-corrected chi connectivity index (χ2v) is 9.37. The first kappa shape index (κ1) is 26.4. The lowest BCUT2D eigenvalue weighted by molar-refractivity contribution is -0.139. The first-order valence-electron chi connectivity index (χ1n) is 11.9. The normalized spacial score (nSPS) is 17.6. The molecule has 37 heavy (non-hydrogen) atoms. The second-order valence-electron chi connectivity index (χ2n) is 8.93. The van der Waals surface area contributed by atoms with Crippen LogP contribution in [0.2, 0.25) is 5.02 Å². The van der Waals surface area contributed by atoms with Crippen molar-refractivity contribution in [1.82, 2.24) is 0 Å². The maximum absolute atomic E-state index is 13.6. The molecule has 0 aromatic heterocycles. The molecule has 3 aromatic carbocycles. The van der Waals surface area contributed by atoms with Crippen LogP contribution in [0.3, 0.4) is 0 Å². The molecule has 0 unspecified atom stereocenters. The molecule has 4 rings (SSSR count). The standard InChI is InChI=1S/C29H29ClN2O5/c1-19(6-3-4-15-33)29(36)25-17-22(30)11-14-26(25)32(28(29)35)18-20-7-5-8-23(16-20)31-27(34)21-9-12-24(37-2)13-10-21/h3,5-14,16-17,19,33,36H,4,15,18H2,1-2H3,(H,31,34)/b6-3+/t19-,29+/m0/s1. The van der Waals surface area contributed by atoms with E-state index >= 15 is 0 Å². The van der Waals surface area contributed by atoms with E-state index in [1.54, 1.807) is 86.8 Å². The van der Waals surface area contributed by atoms with Crippen LogP contribution in [0.25, 0.3) is 0 Å². The van der Waals surface area contributed by atoms with E-state index in [2.05, 4.69) is 5.32 Å². The summed E-state index contributed by atoms with van der Waals surface area (Å²) in [5, 5.41) is 24.0. The number of carbonyl (C=O) groups is 2. The highest BCUT2D eigenvalue weighted by Gasteiger charge is 2.52. The van der Waals surface area contributed by atoms with Gasteiger partial charge in [-0.25, -0.2) is 0 Å². The summed E-state index contributed by atoms with van der Waals surface area (Å²) in [6.07, 6.45) is 3.91. The lowest BCUT2D eigenvalue weighted by Crippen LogP contribution is -2.44. The van der Waals surface area contributed by atoms with Crippen LogP contribution >= 0.6 is 11.6 Å². The Hall–Kier alpha value is -3.65. The Bertz CT molecular complexity index is 1320. The first-order chi connectivity index (χ1) is 17.8. The molecule has 1 aliphatic rings. The zero-order valence-electron chi connectivity index (χ0n) is 20.6. The van der Waals surface area contributed by atoms with Gasteiger partial charge in [-0.15, -0.1) is 0 Å². The van der Waals surface area contributed by atoms with Crippen molar-refractivity contribution in [3.8, 4) is 5.75 Å². The Morgan fingerprint density at radius 2 is 1.92 bits per heavy atom. The molecule has 2 amide bonds. The van der Waals surface area contributed by atoms with E-state index < -0.39 is 17.4 Å². The van der Waals surface area contributed by atoms with E-state index in [0.29, 0.717) is 39.7 Å². The molecular formula is C29H29ClN2O5. The van der Waals surface area contributed by atoms with Crippen LogP contribution in [-0.2, 0) is 16.9 Å². The fourth-order valence-electron chi connectivity index (χ4n) is 4.47. The molecule has 0 aliphatic carbocycles. The number of aliphatic hydroxyl groups excluding tert-OH is 1. The van der Waals surface area contributed by atoms with Crippen molar-refractivity contribution in [2.45, 2.75) is 25.5 Å². The van der Waals surface area contributed by atoms with Crippen LogP contribution in [0.5, 0.6) is 5.75 Å². The molecule has 0 saturated carbocycles. The molecule has 3 aromatic rings. The number of halogens is 1. The maximum Gasteiger partial charge on any atom is 0.264 e. The van der Waals surface area contributed by atoms with Gasteiger partial charge < -0.3 is 25.2 Å². The van der Waals surface area contributed by atoms with Crippen LogP contribution in [0.1, 0.15) is 34.8 Å². The molecular weight excluding hydrogens is 492 g/mol. The molecule has 3 N–H and O–H groups in total. The summed E-state index contributed by atoms with van der Waals surface area (Å²) >= 11 is 6.24.